The summed E-state index contributed by atoms with van der Waals surface area (Å²) in [5, 5.41) is 3.70. The van der Waals surface area contributed by atoms with Crippen LogP contribution in [0.4, 0.5) is 0 Å². The maximum absolute atomic E-state index is 3.70. The fourth-order valence-electron chi connectivity index (χ4n) is 2.11. The molecule has 1 nitrogen and oxygen atoms in total. The van der Waals surface area contributed by atoms with Gasteiger partial charge in [-0.15, -0.1) is 0 Å². The number of rotatable bonds is 9. The van der Waals surface area contributed by atoms with E-state index >= 15 is 0 Å². The minimum atomic E-state index is 0.677. The first-order valence-corrected chi connectivity index (χ1v) is 6.86. The van der Waals surface area contributed by atoms with Crippen LogP contribution < -0.4 is 5.32 Å². The van der Waals surface area contributed by atoms with Gasteiger partial charge >= 0.3 is 0 Å². The number of unbranched alkanes of at least 4 members (excludes halogenated alkanes) is 2. The Morgan fingerprint density at radius 1 is 0.933 bits per heavy atom. The highest BCUT2D eigenvalue weighted by molar-refractivity contribution is 4.69. The SMILES string of the molecule is CCCCCC(C)NC(C)CC(C)CC. The molecule has 0 aliphatic rings. The van der Waals surface area contributed by atoms with E-state index in [4.69, 9.17) is 0 Å². The van der Waals surface area contributed by atoms with E-state index in [0.717, 1.165) is 5.92 Å². The first-order valence-electron chi connectivity index (χ1n) is 6.86. The molecular formula is C14H31N. The molecule has 0 aliphatic carbocycles. The smallest absolute Gasteiger partial charge is 0.00437 e. The minimum absolute atomic E-state index is 0.677. The highest BCUT2D eigenvalue weighted by atomic mass is 14.9. The first-order chi connectivity index (χ1) is 7.10. The Hall–Kier alpha value is -0.0400. The largest absolute Gasteiger partial charge is 0.312 e. The molecule has 0 aromatic carbocycles. The van der Waals surface area contributed by atoms with Gasteiger partial charge in [0.05, 0.1) is 0 Å². The van der Waals surface area contributed by atoms with Gasteiger partial charge in [0, 0.05) is 12.1 Å². The van der Waals surface area contributed by atoms with E-state index in [2.05, 4.69) is 39.9 Å². The third-order valence-electron chi connectivity index (χ3n) is 3.26. The van der Waals surface area contributed by atoms with Gasteiger partial charge in [-0.1, -0.05) is 46.5 Å². The fraction of sp³-hybridized carbons (Fsp3) is 1.00. The van der Waals surface area contributed by atoms with Crippen molar-refractivity contribution in [2.24, 2.45) is 5.92 Å². The summed E-state index contributed by atoms with van der Waals surface area (Å²) in [6, 6.07) is 1.37. The van der Waals surface area contributed by atoms with Gasteiger partial charge in [-0.25, -0.2) is 0 Å². The van der Waals surface area contributed by atoms with Crippen LogP contribution in [0.2, 0.25) is 0 Å². The van der Waals surface area contributed by atoms with Gasteiger partial charge in [0.15, 0.2) is 0 Å². The van der Waals surface area contributed by atoms with Gasteiger partial charge < -0.3 is 5.32 Å². The molecule has 3 unspecified atom stereocenters. The standard InChI is InChI=1S/C14H31N/c1-6-8-9-10-13(4)15-14(5)11-12(3)7-2/h12-15H,6-11H2,1-5H3. The van der Waals surface area contributed by atoms with Gasteiger partial charge in [-0.2, -0.15) is 0 Å². The molecule has 0 radical (unpaired) electrons. The quantitative estimate of drug-likeness (QED) is 0.561. The third-order valence-corrected chi connectivity index (χ3v) is 3.26. The highest BCUT2D eigenvalue weighted by Crippen LogP contribution is 2.11. The molecule has 3 atom stereocenters. The second kappa shape index (κ2) is 9.21. The van der Waals surface area contributed by atoms with E-state index in [-0.39, 0.29) is 0 Å². The van der Waals surface area contributed by atoms with E-state index in [0.29, 0.717) is 12.1 Å². The Morgan fingerprint density at radius 2 is 1.60 bits per heavy atom. The second-order valence-corrected chi connectivity index (χ2v) is 5.21. The number of hydrogen-bond donors (Lipinski definition) is 1. The van der Waals surface area contributed by atoms with E-state index in [9.17, 15) is 0 Å². The number of hydrogen-bond acceptors (Lipinski definition) is 1. The molecule has 0 bridgehead atoms. The Labute approximate surface area is 97.0 Å². The summed E-state index contributed by atoms with van der Waals surface area (Å²) < 4.78 is 0. The lowest BCUT2D eigenvalue weighted by Crippen LogP contribution is -2.35. The monoisotopic (exact) mass is 213 g/mol. The molecule has 0 aromatic rings. The van der Waals surface area contributed by atoms with Crippen molar-refractivity contribution in [3.63, 3.8) is 0 Å². The van der Waals surface area contributed by atoms with Crippen LogP contribution in [0, 0.1) is 5.92 Å². The van der Waals surface area contributed by atoms with Crippen LogP contribution in [0.25, 0.3) is 0 Å². The van der Waals surface area contributed by atoms with E-state index < -0.39 is 0 Å². The van der Waals surface area contributed by atoms with Crippen LogP contribution in [0.1, 0.15) is 73.1 Å². The normalized spacial score (nSPS) is 17.4. The summed E-state index contributed by atoms with van der Waals surface area (Å²) >= 11 is 0. The van der Waals surface area contributed by atoms with Crippen LogP contribution in [-0.2, 0) is 0 Å². The molecule has 92 valence electrons. The summed E-state index contributed by atoms with van der Waals surface area (Å²) in [5.74, 6) is 0.857. The zero-order chi connectivity index (χ0) is 11.7. The van der Waals surface area contributed by atoms with Crippen molar-refractivity contribution >= 4 is 0 Å². The van der Waals surface area contributed by atoms with Gasteiger partial charge in [0.1, 0.15) is 0 Å². The molecule has 1 heteroatoms. The predicted octanol–water partition coefficient (Wildman–Crippen LogP) is 4.37. The zero-order valence-electron chi connectivity index (χ0n) is 11.5. The second-order valence-electron chi connectivity index (χ2n) is 5.21. The topological polar surface area (TPSA) is 12.0 Å². The maximum Gasteiger partial charge on any atom is 0.00437 e. The first kappa shape index (κ1) is 15.0. The van der Waals surface area contributed by atoms with Crippen LogP contribution in [0.15, 0.2) is 0 Å². The Balaban J connectivity index is 3.52. The summed E-state index contributed by atoms with van der Waals surface area (Å²) in [6.07, 6.45) is 8.03. The molecule has 15 heavy (non-hydrogen) atoms. The molecular weight excluding hydrogens is 182 g/mol. The third kappa shape index (κ3) is 8.92. The van der Waals surface area contributed by atoms with Crippen molar-refractivity contribution in [2.75, 3.05) is 0 Å². The Kier molecular flexibility index (Phi) is 9.18. The minimum Gasteiger partial charge on any atom is -0.312 e. The molecule has 0 amide bonds. The summed E-state index contributed by atoms with van der Waals surface area (Å²) in [6.45, 7) is 11.5. The maximum atomic E-state index is 3.70. The van der Waals surface area contributed by atoms with E-state index in [1.807, 2.05) is 0 Å². The van der Waals surface area contributed by atoms with Gasteiger partial charge in [0.25, 0.3) is 0 Å². The van der Waals surface area contributed by atoms with Crippen molar-refractivity contribution in [1.29, 1.82) is 0 Å². The summed E-state index contributed by atoms with van der Waals surface area (Å²) in [5.41, 5.74) is 0. The Morgan fingerprint density at radius 3 is 2.13 bits per heavy atom. The highest BCUT2D eigenvalue weighted by Gasteiger charge is 2.09. The summed E-state index contributed by atoms with van der Waals surface area (Å²) in [7, 11) is 0. The molecule has 0 fully saturated rings. The van der Waals surface area contributed by atoms with Gasteiger partial charge in [0.2, 0.25) is 0 Å². The molecule has 0 heterocycles. The Bertz CT molecular complexity index is 133. The summed E-state index contributed by atoms with van der Waals surface area (Å²) in [4.78, 5) is 0. The van der Waals surface area contributed by atoms with E-state index in [1.54, 1.807) is 0 Å². The molecule has 0 aliphatic heterocycles. The molecule has 0 aromatic heterocycles. The average Bonchev–Trinajstić information content (AvgIpc) is 2.17. The van der Waals surface area contributed by atoms with Gasteiger partial charge in [-0.05, 0) is 32.6 Å². The fourth-order valence-corrected chi connectivity index (χ4v) is 2.11. The van der Waals surface area contributed by atoms with Gasteiger partial charge in [-0.3, -0.25) is 0 Å². The van der Waals surface area contributed by atoms with E-state index in [1.165, 1.54) is 38.5 Å². The molecule has 1 N–H and O–H groups in total. The van der Waals surface area contributed by atoms with Crippen molar-refractivity contribution in [2.45, 2.75) is 85.2 Å². The predicted molar refractivity (Wildman–Crippen MR) is 70.3 cm³/mol. The van der Waals surface area contributed by atoms with Crippen molar-refractivity contribution in [3.8, 4) is 0 Å². The van der Waals surface area contributed by atoms with Crippen LogP contribution in [-0.4, -0.2) is 12.1 Å². The average molecular weight is 213 g/mol. The number of nitrogens with one attached hydrogen (secondary N) is 1. The van der Waals surface area contributed by atoms with Crippen LogP contribution >= 0.6 is 0 Å². The van der Waals surface area contributed by atoms with Crippen molar-refractivity contribution < 1.29 is 0 Å². The van der Waals surface area contributed by atoms with Crippen molar-refractivity contribution in [3.05, 3.63) is 0 Å². The van der Waals surface area contributed by atoms with Crippen molar-refractivity contribution in [1.82, 2.24) is 5.32 Å². The molecule has 0 spiro atoms. The van der Waals surface area contributed by atoms with Crippen LogP contribution in [0.5, 0.6) is 0 Å². The van der Waals surface area contributed by atoms with Crippen LogP contribution in [0.3, 0.4) is 0 Å². The molecule has 0 rings (SSSR count). The lowest BCUT2D eigenvalue weighted by Gasteiger charge is -2.22. The molecule has 0 saturated heterocycles. The lowest BCUT2D eigenvalue weighted by molar-refractivity contribution is 0.367. The lowest BCUT2D eigenvalue weighted by atomic mass is 9.99. The zero-order valence-corrected chi connectivity index (χ0v) is 11.5. The molecule has 0 saturated carbocycles.